The molecule has 1 amide bonds. The Balaban J connectivity index is 2.08. The number of piperidine rings is 1. The molecule has 2 N–H and O–H groups in total. The van der Waals surface area contributed by atoms with Crippen molar-refractivity contribution in [3.8, 4) is 0 Å². The van der Waals surface area contributed by atoms with E-state index in [0.717, 1.165) is 31.5 Å². The highest BCUT2D eigenvalue weighted by molar-refractivity contribution is 5.94. The largest absolute Gasteiger partial charge is 0.348 e. The highest BCUT2D eigenvalue weighted by atomic mass is 19.1. The van der Waals surface area contributed by atoms with Gasteiger partial charge in [0.25, 0.3) is 5.91 Å². The minimum Gasteiger partial charge on any atom is -0.348 e. The molecule has 0 spiro atoms. The minimum atomic E-state index is -0.828. The van der Waals surface area contributed by atoms with Gasteiger partial charge in [-0.1, -0.05) is 6.07 Å². The first-order chi connectivity index (χ1) is 8.18. The average molecular weight is 240 g/mol. The fourth-order valence-corrected chi connectivity index (χ4v) is 1.95. The Bertz CT molecular complexity index is 397. The van der Waals surface area contributed by atoms with Gasteiger partial charge in [0.1, 0.15) is 17.2 Å². The molecule has 1 fully saturated rings. The van der Waals surface area contributed by atoms with E-state index in [9.17, 15) is 13.6 Å². The summed E-state index contributed by atoms with van der Waals surface area (Å²) in [5.74, 6) is -2.34. The van der Waals surface area contributed by atoms with Crippen molar-refractivity contribution in [1.29, 1.82) is 0 Å². The van der Waals surface area contributed by atoms with E-state index in [1.807, 2.05) is 0 Å². The van der Waals surface area contributed by atoms with Crippen molar-refractivity contribution in [1.82, 2.24) is 10.6 Å². The van der Waals surface area contributed by atoms with Crippen LogP contribution in [0.2, 0.25) is 0 Å². The third-order valence-electron chi connectivity index (χ3n) is 2.82. The lowest BCUT2D eigenvalue weighted by atomic mass is 10.1. The molecule has 1 atom stereocenters. The second-order valence-electron chi connectivity index (χ2n) is 4.11. The van der Waals surface area contributed by atoms with Gasteiger partial charge in [0.05, 0.1) is 0 Å². The number of amides is 1. The van der Waals surface area contributed by atoms with E-state index >= 15 is 0 Å². The molecule has 0 aromatic heterocycles. The molecule has 92 valence electrons. The van der Waals surface area contributed by atoms with Crippen molar-refractivity contribution in [2.45, 2.75) is 18.9 Å². The quantitative estimate of drug-likeness (QED) is 0.821. The first kappa shape index (κ1) is 12.0. The van der Waals surface area contributed by atoms with Crippen LogP contribution in [0.3, 0.4) is 0 Å². The Morgan fingerprint density at radius 1 is 1.35 bits per heavy atom. The Morgan fingerprint density at radius 2 is 2.06 bits per heavy atom. The van der Waals surface area contributed by atoms with Crippen LogP contribution in [0.4, 0.5) is 8.78 Å². The van der Waals surface area contributed by atoms with Crippen LogP contribution in [-0.2, 0) is 0 Å². The first-order valence-electron chi connectivity index (χ1n) is 5.64. The van der Waals surface area contributed by atoms with Gasteiger partial charge in [0.15, 0.2) is 0 Å². The lowest BCUT2D eigenvalue weighted by Gasteiger charge is -2.23. The first-order valence-corrected chi connectivity index (χ1v) is 5.64. The van der Waals surface area contributed by atoms with E-state index < -0.39 is 23.1 Å². The molecule has 1 aliphatic rings. The normalized spacial score (nSPS) is 20.0. The lowest BCUT2D eigenvalue weighted by molar-refractivity contribution is 0.0922. The summed E-state index contributed by atoms with van der Waals surface area (Å²) in [4.78, 5) is 11.7. The van der Waals surface area contributed by atoms with Crippen molar-refractivity contribution in [2.24, 2.45) is 0 Å². The molecule has 0 aliphatic carbocycles. The third kappa shape index (κ3) is 2.79. The van der Waals surface area contributed by atoms with Crippen LogP contribution in [0.5, 0.6) is 0 Å². The van der Waals surface area contributed by atoms with Gasteiger partial charge in [-0.25, -0.2) is 8.78 Å². The van der Waals surface area contributed by atoms with Gasteiger partial charge in [-0.2, -0.15) is 0 Å². The van der Waals surface area contributed by atoms with Crippen molar-refractivity contribution >= 4 is 5.91 Å². The van der Waals surface area contributed by atoms with Gasteiger partial charge in [0, 0.05) is 12.6 Å². The van der Waals surface area contributed by atoms with Crippen LogP contribution in [0, 0.1) is 11.6 Å². The number of halogens is 2. The third-order valence-corrected chi connectivity index (χ3v) is 2.82. The molecular weight excluding hydrogens is 226 g/mol. The summed E-state index contributed by atoms with van der Waals surface area (Å²) in [6.07, 6.45) is 1.78. The maximum atomic E-state index is 13.3. The van der Waals surface area contributed by atoms with E-state index in [1.165, 1.54) is 6.07 Å². The Kier molecular flexibility index (Phi) is 3.68. The topological polar surface area (TPSA) is 41.1 Å². The Labute approximate surface area is 98.2 Å². The SMILES string of the molecule is O=C(N[C@H]1CCCNC1)c1c(F)cccc1F. The molecule has 0 radical (unpaired) electrons. The Morgan fingerprint density at radius 3 is 2.65 bits per heavy atom. The number of nitrogens with one attached hydrogen (secondary N) is 2. The number of carbonyl (C=O) groups excluding carboxylic acids is 1. The summed E-state index contributed by atoms with van der Waals surface area (Å²) in [5, 5.41) is 5.75. The molecule has 0 unspecified atom stereocenters. The van der Waals surface area contributed by atoms with Crippen molar-refractivity contribution in [2.75, 3.05) is 13.1 Å². The van der Waals surface area contributed by atoms with Crippen LogP contribution in [0.15, 0.2) is 18.2 Å². The summed E-state index contributed by atoms with van der Waals surface area (Å²) < 4.78 is 26.7. The predicted molar refractivity (Wildman–Crippen MR) is 59.7 cm³/mol. The Hall–Kier alpha value is -1.49. The highest BCUT2D eigenvalue weighted by Crippen LogP contribution is 2.12. The second-order valence-corrected chi connectivity index (χ2v) is 4.11. The highest BCUT2D eigenvalue weighted by Gasteiger charge is 2.21. The number of hydrogen-bond donors (Lipinski definition) is 2. The van der Waals surface area contributed by atoms with Crippen molar-refractivity contribution < 1.29 is 13.6 Å². The molecule has 1 aromatic carbocycles. The summed E-state index contributed by atoms with van der Waals surface area (Å²) >= 11 is 0. The lowest BCUT2D eigenvalue weighted by Crippen LogP contribution is -2.46. The van der Waals surface area contributed by atoms with Gasteiger partial charge in [0.2, 0.25) is 0 Å². The van der Waals surface area contributed by atoms with Crippen molar-refractivity contribution in [3.05, 3.63) is 35.4 Å². The minimum absolute atomic E-state index is 0.0599. The summed E-state index contributed by atoms with van der Waals surface area (Å²) in [7, 11) is 0. The standard InChI is InChI=1S/C12H14F2N2O/c13-9-4-1-5-10(14)11(9)12(17)16-8-3-2-6-15-7-8/h1,4-5,8,15H,2-3,6-7H2,(H,16,17)/t8-/m0/s1. The van der Waals surface area contributed by atoms with Crippen LogP contribution in [0.1, 0.15) is 23.2 Å². The monoisotopic (exact) mass is 240 g/mol. The zero-order chi connectivity index (χ0) is 12.3. The zero-order valence-corrected chi connectivity index (χ0v) is 9.30. The fourth-order valence-electron chi connectivity index (χ4n) is 1.95. The smallest absolute Gasteiger partial charge is 0.257 e. The molecule has 0 saturated carbocycles. The summed E-state index contributed by atoms with van der Waals surface area (Å²) in [6.45, 7) is 1.56. The molecule has 1 heterocycles. The fraction of sp³-hybridized carbons (Fsp3) is 0.417. The molecule has 3 nitrogen and oxygen atoms in total. The van der Waals surface area contributed by atoms with Gasteiger partial charge < -0.3 is 10.6 Å². The summed E-state index contributed by atoms with van der Waals surface area (Å²) in [6, 6.07) is 3.34. The number of rotatable bonds is 2. The maximum absolute atomic E-state index is 13.3. The molecule has 1 aromatic rings. The van der Waals surface area contributed by atoms with Crippen LogP contribution in [0.25, 0.3) is 0 Å². The van der Waals surface area contributed by atoms with E-state index in [2.05, 4.69) is 10.6 Å². The van der Waals surface area contributed by atoms with Gasteiger partial charge in [-0.05, 0) is 31.5 Å². The second kappa shape index (κ2) is 5.23. The van der Waals surface area contributed by atoms with Crippen LogP contribution < -0.4 is 10.6 Å². The van der Waals surface area contributed by atoms with Crippen LogP contribution >= 0.6 is 0 Å². The maximum Gasteiger partial charge on any atom is 0.257 e. The predicted octanol–water partition coefficient (Wildman–Crippen LogP) is 1.45. The van der Waals surface area contributed by atoms with Crippen LogP contribution in [-0.4, -0.2) is 25.0 Å². The van der Waals surface area contributed by atoms with Gasteiger partial charge in [-0.3, -0.25) is 4.79 Å². The zero-order valence-electron chi connectivity index (χ0n) is 9.30. The molecule has 17 heavy (non-hydrogen) atoms. The van der Waals surface area contributed by atoms with Gasteiger partial charge in [-0.15, -0.1) is 0 Å². The van der Waals surface area contributed by atoms with E-state index in [0.29, 0.717) is 6.54 Å². The van der Waals surface area contributed by atoms with Crippen molar-refractivity contribution in [3.63, 3.8) is 0 Å². The average Bonchev–Trinajstić information content (AvgIpc) is 2.30. The molecule has 1 aliphatic heterocycles. The number of hydrogen-bond acceptors (Lipinski definition) is 2. The van der Waals surface area contributed by atoms with E-state index in [1.54, 1.807) is 0 Å². The molecule has 5 heteroatoms. The van der Waals surface area contributed by atoms with E-state index in [-0.39, 0.29) is 6.04 Å². The molecule has 1 saturated heterocycles. The van der Waals surface area contributed by atoms with E-state index in [4.69, 9.17) is 0 Å². The number of benzene rings is 1. The molecule has 2 rings (SSSR count). The molecule has 0 bridgehead atoms. The summed E-state index contributed by atoms with van der Waals surface area (Å²) in [5.41, 5.74) is -0.502. The molecular formula is C12H14F2N2O. The van der Waals surface area contributed by atoms with Gasteiger partial charge >= 0.3 is 0 Å². The number of carbonyl (C=O) groups is 1.